The number of hydrogen-bond donors (Lipinski definition) is 1. The van der Waals surface area contributed by atoms with Crippen molar-refractivity contribution in [2.45, 2.75) is 65.4 Å². The molecule has 0 spiro atoms. The summed E-state index contributed by atoms with van der Waals surface area (Å²) in [5.74, 6) is 2.07. The van der Waals surface area contributed by atoms with Crippen LogP contribution in [0.2, 0.25) is 0 Å². The molecule has 5 rings (SSSR count). The zero-order chi connectivity index (χ0) is 37.6. The quantitative estimate of drug-likeness (QED) is 0.0438. The number of halogens is 2. The predicted octanol–water partition coefficient (Wildman–Crippen LogP) is 7.06. The normalized spacial score (nSPS) is 13.5. The maximum atomic E-state index is 17.1. The molecule has 11 nitrogen and oxygen atoms in total. The molecule has 1 aliphatic carbocycles. The van der Waals surface area contributed by atoms with Crippen molar-refractivity contribution in [3.63, 3.8) is 0 Å². The Morgan fingerprint density at radius 3 is 2.54 bits per heavy atom. The summed E-state index contributed by atoms with van der Waals surface area (Å²) in [6, 6.07) is 6.17. The van der Waals surface area contributed by atoms with Crippen molar-refractivity contribution >= 4 is 59.4 Å². The van der Waals surface area contributed by atoms with Gasteiger partial charge in [-0.15, -0.1) is 0 Å². The van der Waals surface area contributed by atoms with Gasteiger partial charge in [0.1, 0.15) is 5.60 Å². The van der Waals surface area contributed by atoms with Gasteiger partial charge < -0.3 is 9.64 Å². The zero-order valence-electron chi connectivity index (χ0n) is 30.9. The average Bonchev–Trinajstić information content (AvgIpc) is 3.85. The van der Waals surface area contributed by atoms with Crippen molar-refractivity contribution in [2.75, 3.05) is 53.1 Å². The number of rotatable bonds is 15. The molecule has 1 amide bonds. The van der Waals surface area contributed by atoms with Gasteiger partial charge in [-0.25, -0.2) is 4.79 Å². The van der Waals surface area contributed by atoms with Gasteiger partial charge in [0.05, 0.1) is 0 Å². The van der Waals surface area contributed by atoms with Crippen molar-refractivity contribution in [3.8, 4) is 32.4 Å². The minimum absolute atomic E-state index is 0.0568. The molecule has 0 radical (unpaired) electrons. The standard InChI is InChI=1S/C38H45F2N6O5.Tl/c1-9-11-12-17-46(36(47)51-37(3,4)5)44-34-28-20-41-32(31(40)33(28)42-35(43-34)49-22-38(15-16-38)21-45(6)7)27-19-25(50-23-48-8)18-24-13-14-29(39)26(10-2)30(24)27;/h13-14,18-20H,9,11-12,15-17,21-23H2,1,3-8H3,(H,42,43,44);. The number of aromatic nitrogens is 3. The Morgan fingerprint density at radius 2 is 1.88 bits per heavy atom. The van der Waals surface area contributed by atoms with Crippen LogP contribution in [-0.4, -0.2) is 110 Å². The Bertz CT molecular complexity index is 1990. The van der Waals surface area contributed by atoms with E-state index in [0.29, 0.717) is 61.9 Å². The molecule has 1 aliphatic rings. The molecular formula is C38H45F2N6O5Tl. The van der Waals surface area contributed by atoms with Gasteiger partial charge in [0, 0.05) is 18.5 Å². The SMILES string of the molecule is CCCCCN(Nc1nc(OCC2(CN(C)C)CC2)nc2c(F)c(-c3cc(OCOC)cc4ccc(F)c(C#[C][Tl])c34)ncc12)C(=O)OC(C)(C)C. The predicted molar refractivity (Wildman–Crippen MR) is 197 cm³/mol. The van der Waals surface area contributed by atoms with Crippen LogP contribution in [0.1, 0.15) is 65.4 Å². The van der Waals surface area contributed by atoms with Crippen molar-refractivity contribution in [2.24, 2.45) is 5.41 Å². The van der Waals surface area contributed by atoms with Gasteiger partial charge in [-0.3, -0.25) is 0 Å². The van der Waals surface area contributed by atoms with Gasteiger partial charge in [-0.2, -0.15) is 0 Å². The topological polar surface area (TPSA) is 111 Å². The van der Waals surface area contributed by atoms with E-state index in [4.69, 9.17) is 18.9 Å². The van der Waals surface area contributed by atoms with Gasteiger partial charge >= 0.3 is 208 Å². The second kappa shape index (κ2) is 16.9. The monoisotopic (exact) mass is 908 g/mol. The molecule has 2 aromatic heterocycles. The molecule has 0 aliphatic heterocycles. The number of methoxy groups -OCH3 is 1. The summed E-state index contributed by atoms with van der Waals surface area (Å²) in [6.07, 6.45) is 5.28. The fourth-order valence-corrected chi connectivity index (χ4v) is 6.51. The number of hydrazine groups is 1. The second-order valence-electron chi connectivity index (χ2n) is 14.3. The molecular weight excluding hydrogens is 863 g/mol. The second-order valence-corrected chi connectivity index (χ2v) is 15.4. The molecule has 1 saturated carbocycles. The number of hydrogen-bond acceptors (Lipinski definition) is 10. The molecule has 4 aromatic rings. The van der Waals surface area contributed by atoms with Crippen LogP contribution in [-0.2, 0) is 9.47 Å². The summed E-state index contributed by atoms with van der Waals surface area (Å²) < 4.78 is 58.1. The van der Waals surface area contributed by atoms with Crippen LogP contribution in [0.3, 0.4) is 0 Å². The van der Waals surface area contributed by atoms with Gasteiger partial charge in [0.15, 0.2) is 0 Å². The first-order chi connectivity index (χ1) is 24.8. The van der Waals surface area contributed by atoms with Gasteiger partial charge in [-0.1, -0.05) is 19.8 Å². The van der Waals surface area contributed by atoms with Crippen LogP contribution in [0.25, 0.3) is 32.9 Å². The minimum atomic E-state index is -0.793. The number of benzene rings is 2. The number of nitrogens with one attached hydrogen (secondary N) is 1. The fraction of sp³-hybridized carbons (Fsp3) is 0.474. The number of amides is 1. The van der Waals surface area contributed by atoms with E-state index in [0.717, 1.165) is 32.2 Å². The smallest absolute Gasteiger partial charge is 0.429 e. The van der Waals surface area contributed by atoms with Crippen LogP contribution >= 0.6 is 0 Å². The number of pyridine rings is 1. The van der Waals surface area contributed by atoms with Crippen LogP contribution in [0.5, 0.6) is 11.8 Å². The summed E-state index contributed by atoms with van der Waals surface area (Å²) in [4.78, 5) is 29.3. The van der Waals surface area contributed by atoms with E-state index in [-0.39, 0.29) is 51.8 Å². The third-order valence-corrected chi connectivity index (χ3v) is 9.02. The van der Waals surface area contributed by atoms with Gasteiger partial charge in [0.2, 0.25) is 0 Å². The number of anilines is 1. The summed E-state index contributed by atoms with van der Waals surface area (Å²) in [7, 11) is 5.51. The molecule has 2 heterocycles. The van der Waals surface area contributed by atoms with Crippen LogP contribution in [0.15, 0.2) is 30.5 Å². The van der Waals surface area contributed by atoms with Crippen LogP contribution < -0.4 is 14.9 Å². The minimum Gasteiger partial charge on any atom is -0.442 e. The molecule has 1 N–H and O–H groups in total. The number of unbranched alkanes of at least 4 members (excludes halogenated alkanes) is 2. The van der Waals surface area contributed by atoms with E-state index < -0.39 is 23.3 Å². The van der Waals surface area contributed by atoms with Crippen molar-refractivity contribution < 1.29 is 32.5 Å². The number of carbonyl (C=O) groups is 1. The van der Waals surface area contributed by atoms with Gasteiger partial charge in [-0.05, 0) is 54.1 Å². The Hall–Kier alpha value is -3.88. The summed E-state index contributed by atoms with van der Waals surface area (Å²) in [5, 5.41) is 2.51. The Labute approximate surface area is 319 Å². The number of fused-ring (bicyclic) bond motifs is 2. The van der Waals surface area contributed by atoms with Crippen molar-refractivity contribution in [3.05, 3.63) is 47.7 Å². The first kappa shape index (κ1) is 39.3. The Morgan fingerprint density at radius 1 is 1.12 bits per heavy atom. The Balaban J connectivity index is 1.69. The van der Waals surface area contributed by atoms with Crippen molar-refractivity contribution in [1.82, 2.24) is 24.9 Å². The van der Waals surface area contributed by atoms with E-state index in [9.17, 15) is 4.79 Å². The number of nitrogens with zero attached hydrogens (tertiary/aromatic N) is 5. The number of ether oxygens (including phenoxy) is 4. The Kier molecular flexibility index (Phi) is 12.7. The van der Waals surface area contributed by atoms with E-state index in [1.54, 1.807) is 39.0 Å². The summed E-state index contributed by atoms with van der Waals surface area (Å²) in [5.41, 5.74) is 2.47. The third kappa shape index (κ3) is 9.56. The molecule has 52 heavy (non-hydrogen) atoms. The van der Waals surface area contributed by atoms with E-state index >= 15 is 8.78 Å². The van der Waals surface area contributed by atoms with E-state index in [1.807, 2.05) is 14.1 Å². The van der Waals surface area contributed by atoms with Crippen molar-refractivity contribution in [1.29, 1.82) is 0 Å². The third-order valence-electron chi connectivity index (χ3n) is 8.46. The molecule has 0 bridgehead atoms. The maximum absolute atomic E-state index is 17.1. The molecule has 14 heteroatoms. The van der Waals surface area contributed by atoms with Crippen LogP contribution in [0, 0.1) is 26.4 Å². The summed E-state index contributed by atoms with van der Waals surface area (Å²) in [6.45, 7) is 8.82. The molecule has 0 unspecified atom stereocenters. The van der Waals surface area contributed by atoms with E-state index in [1.165, 1.54) is 24.4 Å². The maximum Gasteiger partial charge on any atom is 0.429 e. The van der Waals surface area contributed by atoms with Gasteiger partial charge in [0.25, 0.3) is 0 Å². The first-order valence-corrected chi connectivity index (χ1v) is 19.5. The van der Waals surface area contributed by atoms with Crippen LogP contribution in [0.4, 0.5) is 19.4 Å². The molecule has 274 valence electrons. The average molecular weight is 908 g/mol. The zero-order valence-corrected chi connectivity index (χ0v) is 35.4. The molecule has 1 fully saturated rings. The fourth-order valence-electron chi connectivity index (χ4n) is 5.95. The first-order valence-electron chi connectivity index (χ1n) is 17.3. The molecule has 0 atom stereocenters. The molecule has 2 aromatic carbocycles. The largest absolute Gasteiger partial charge is 0.442 e. The summed E-state index contributed by atoms with van der Waals surface area (Å²) >= 11 is 0.290. The number of carbonyl (C=O) groups excluding carboxylic acids is 1. The molecule has 0 saturated heterocycles. The van der Waals surface area contributed by atoms with E-state index in [2.05, 4.69) is 41.6 Å².